The average molecular weight is 343 g/mol. The second-order valence-electron chi connectivity index (χ2n) is 6.10. The van der Waals surface area contributed by atoms with E-state index in [0.717, 1.165) is 11.3 Å². The zero-order chi connectivity index (χ0) is 18.2. The third kappa shape index (κ3) is 6.00. The lowest BCUT2D eigenvalue weighted by Gasteiger charge is -2.22. The lowest BCUT2D eigenvalue weighted by molar-refractivity contribution is 0.233. The molecule has 0 saturated heterocycles. The molecule has 0 aliphatic rings. The number of furan rings is 1. The monoisotopic (exact) mass is 343 g/mol. The topological polar surface area (TPSA) is 66.7 Å². The Bertz CT molecular complexity index is 696. The van der Waals surface area contributed by atoms with Crippen LogP contribution in [0, 0.1) is 0 Å². The number of anilines is 1. The summed E-state index contributed by atoms with van der Waals surface area (Å²) < 4.78 is 11.0. The van der Waals surface area contributed by atoms with Gasteiger partial charge in [-0.15, -0.1) is 0 Å². The van der Waals surface area contributed by atoms with Gasteiger partial charge in [0, 0.05) is 18.3 Å². The first-order valence-corrected chi connectivity index (χ1v) is 8.07. The van der Waals surface area contributed by atoms with Crippen LogP contribution in [-0.2, 0) is 0 Å². The van der Waals surface area contributed by atoms with Gasteiger partial charge in [-0.3, -0.25) is 4.90 Å². The molecule has 0 saturated carbocycles. The van der Waals surface area contributed by atoms with Gasteiger partial charge in [-0.2, -0.15) is 0 Å². The van der Waals surface area contributed by atoms with Crippen LogP contribution in [0.1, 0.15) is 18.7 Å². The fourth-order valence-electron chi connectivity index (χ4n) is 2.25. The zero-order valence-corrected chi connectivity index (χ0v) is 14.9. The van der Waals surface area contributed by atoms with Crippen molar-refractivity contribution in [3.63, 3.8) is 0 Å². The molecule has 6 nitrogen and oxygen atoms in total. The van der Waals surface area contributed by atoms with Gasteiger partial charge in [-0.05, 0) is 50.9 Å². The molecule has 0 radical (unpaired) electrons. The van der Waals surface area contributed by atoms with Crippen molar-refractivity contribution in [1.82, 2.24) is 10.2 Å². The molecule has 2 N–H and O–H groups in total. The van der Waals surface area contributed by atoms with Crippen molar-refractivity contribution in [2.24, 2.45) is 0 Å². The van der Waals surface area contributed by atoms with E-state index in [9.17, 15) is 4.79 Å². The van der Waals surface area contributed by atoms with Crippen LogP contribution >= 0.6 is 0 Å². The molecule has 2 rings (SSSR count). The molecule has 0 bridgehead atoms. The maximum absolute atomic E-state index is 12.2. The van der Waals surface area contributed by atoms with Crippen molar-refractivity contribution < 1.29 is 13.9 Å². The quantitative estimate of drug-likeness (QED) is 0.718. The highest BCUT2D eigenvalue weighted by Crippen LogP contribution is 2.19. The van der Waals surface area contributed by atoms with Crippen LogP contribution in [0.2, 0.25) is 0 Å². The molecular formula is C19H25N3O3. The Labute approximate surface area is 148 Å². The van der Waals surface area contributed by atoms with Gasteiger partial charge in [0.05, 0.1) is 12.3 Å². The third-order valence-corrected chi connectivity index (χ3v) is 3.53. The molecular weight excluding hydrogens is 318 g/mol. The van der Waals surface area contributed by atoms with Crippen LogP contribution in [-0.4, -0.2) is 38.2 Å². The van der Waals surface area contributed by atoms with E-state index in [1.807, 2.05) is 56.3 Å². The van der Waals surface area contributed by atoms with Crippen LogP contribution < -0.4 is 15.4 Å². The average Bonchev–Trinajstić information content (AvgIpc) is 3.07. The molecule has 1 aromatic carbocycles. The minimum atomic E-state index is -0.282. The maximum Gasteiger partial charge on any atom is 0.319 e. The number of carbonyl (C=O) groups is 1. The van der Waals surface area contributed by atoms with Gasteiger partial charge in [0.2, 0.25) is 0 Å². The Hall–Kier alpha value is -2.73. The second kappa shape index (κ2) is 8.94. The van der Waals surface area contributed by atoms with Gasteiger partial charge in [-0.25, -0.2) is 4.79 Å². The number of nitrogens with zero attached hydrogens (tertiary/aromatic N) is 1. The Morgan fingerprint density at radius 1 is 1.32 bits per heavy atom. The molecule has 1 unspecified atom stereocenters. The number of carbonyl (C=O) groups excluding carboxylic acids is 1. The summed E-state index contributed by atoms with van der Waals surface area (Å²) in [6.07, 6.45) is 1.63. The van der Waals surface area contributed by atoms with Crippen LogP contribution in [0.3, 0.4) is 0 Å². The minimum Gasteiger partial charge on any atom is -0.489 e. The number of ether oxygens (including phenoxy) is 1. The summed E-state index contributed by atoms with van der Waals surface area (Å²) in [7, 11) is 3.88. The summed E-state index contributed by atoms with van der Waals surface area (Å²) in [5, 5.41) is 5.67. The first-order valence-electron chi connectivity index (χ1n) is 8.07. The van der Waals surface area contributed by atoms with Crippen LogP contribution in [0.15, 0.2) is 59.2 Å². The van der Waals surface area contributed by atoms with Crippen molar-refractivity contribution in [1.29, 1.82) is 0 Å². The number of amides is 2. The van der Waals surface area contributed by atoms with Gasteiger partial charge in [0.1, 0.15) is 18.1 Å². The summed E-state index contributed by atoms with van der Waals surface area (Å²) >= 11 is 0. The van der Waals surface area contributed by atoms with Gasteiger partial charge in [-0.1, -0.05) is 12.6 Å². The summed E-state index contributed by atoms with van der Waals surface area (Å²) in [6.45, 7) is 6.58. The van der Waals surface area contributed by atoms with Gasteiger partial charge in [0.25, 0.3) is 0 Å². The standard InChI is InChI=1S/C19H25N3O3/c1-14(2)13-25-16-8-5-7-15(11-16)21-19(23)20-12-17(22(3)4)18-9-6-10-24-18/h5-11,17H,1,12-13H2,2-4H3,(H2,20,21,23). The Kier molecular flexibility index (Phi) is 6.65. The fraction of sp³-hybridized carbons (Fsp3) is 0.316. The summed E-state index contributed by atoms with van der Waals surface area (Å²) in [4.78, 5) is 14.2. The highest BCUT2D eigenvalue weighted by Gasteiger charge is 2.17. The lowest BCUT2D eigenvalue weighted by Crippen LogP contribution is -2.36. The van der Waals surface area contributed by atoms with Crippen molar-refractivity contribution >= 4 is 11.7 Å². The van der Waals surface area contributed by atoms with Crippen molar-refractivity contribution in [3.8, 4) is 5.75 Å². The molecule has 6 heteroatoms. The Morgan fingerprint density at radius 2 is 2.12 bits per heavy atom. The fourth-order valence-corrected chi connectivity index (χ4v) is 2.25. The molecule has 2 aromatic rings. The number of hydrogen-bond acceptors (Lipinski definition) is 4. The highest BCUT2D eigenvalue weighted by atomic mass is 16.5. The molecule has 0 fully saturated rings. The van der Waals surface area contributed by atoms with E-state index in [1.54, 1.807) is 12.3 Å². The first-order chi connectivity index (χ1) is 12.0. The molecule has 0 spiro atoms. The molecule has 0 aliphatic heterocycles. The van der Waals surface area contributed by atoms with E-state index in [2.05, 4.69) is 17.2 Å². The number of urea groups is 1. The van der Waals surface area contributed by atoms with E-state index < -0.39 is 0 Å². The number of likely N-dealkylation sites (N-methyl/N-ethyl adjacent to an activating group) is 1. The van der Waals surface area contributed by atoms with Crippen LogP contribution in [0.25, 0.3) is 0 Å². The summed E-state index contributed by atoms with van der Waals surface area (Å²) in [6, 6.07) is 10.7. The lowest BCUT2D eigenvalue weighted by atomic mass is 10.2. The largest absolute Gasteiger partial charge is 0.489 e. The predicted molar refractivity (Wildman–Crippen MR) is 98.9 cm³/mol. The summed E-state index contributed by atoms with van der Waals surface area (Å²) in [5.74, 6) is 1.49. The third-order valence-electron chi connectivity index (χ3n) is 3.53. The van der Waals surface area contributed by atoms with E-state index in [1.165, 1.54) is 0 Å². The molecule has 2 amide bonds. The first kappa shape index (κ1) is 18.6. The SMILES string of the molecule is C=C(C)COc1cccc(NC(=O)NCC(c2ccco2)N(C)C)c1. The maximum atomic E-state index is 12.2. The highest BCUT2D eigenvalue weighted by molar-refractivity contribution is 5.89. The van der Waals surface area contributed by atoms with Crippen molar-refractivity contribution in [3.05, 3.63) is 60.6 Å². The minimum absolute atomic E-state index is 0.0361. The number of nitrogens with one attached hydrogen (secondary N) is 2. The number of hydrogen-bond donors (Lipinski definition) is 2. The van der Waals surface area contributed by atoms with Crippen LogP contribution in [0.4, 0.5) is 10.5 Å². The summed E-state index contributed by atoms with van der Waals surface area (Å²) in [5.41, 5.74) is 1.60. The van der Waals surface area contributed by atoms with E-state index >= 15 is 0 Å². The molecule has 25 heavy (non-hydrogen) atoms. The van der Waals surface area contributed by atoms with Crippen molar-refractivity contribution in [2.45, 2.75) is 13.0 Å². The van der Waals surface area contributed by atoms with E-state index in [-0.39, 0.29) is 12.1 Å². The Morgan fingerprint density at radius 3 is 2.76 bits per heavy atom. The molecule has 1 heterocycles. The van der Waals surface area contributed by atoms with E-state index in [0.29, 0.717) is 24.6 Å². The molecule has 0 aliphatic carbocycles. The molecule has 1 aromatic heterocycles. The van der Waals surface area contributed by atoms with Gasteiger partial charge >= 0.3 is 6.03 Å². The van der Waals surface area contributed by atoms with Crippen LogP contribution in [0.5, 0.6) is 5.75 Å². The predicted octanol–water partition coefficient (Wildman–Crippen LogP) is 3.66. The van der Waals surface area contributed by atoms with E-state index in [4.69, 9.17) is 9.15 Å². The van der Waals surface area contributed by atoms with Gasteiger partial charge in [0.15, 0.2) is 0 Å². The van der Waals surface area contributed by atoms with Gasteiger partial charge < -0.3 is 19.8 Å². The normalized spacial score (nSPS) is 11.8. The number of rotatable bonds is 8. The Balaban J connectivity index is 1.89. The van der Waals surface area contributed by atoms with Crippen molar-refractivity contribution in [2.75, 3.05) is 32.6 Å². The smallest absolute Gasteiger partial charge is 0.319 e. The zero-order valence-electron chi connectivity index (χ0n) is 14.9. The number of benzene rings is 1. The second-order valence-corrected chi connectivity index (χ2v) is 6.10. The molecule has 1 atom stereocenters. The molecule has 134 valence electrons.